The van der Waals surface area contributed by atoms with Crippen LogP contribution in [0.25, 0.3) is 21.5 Å². The Morgan fingerprint density at radius 2 is 2.15 bits per heavy atom. The predicted molar refractivity (Wildman–Crippen MR) is 113 cm³/mol. The number of hydrogen-bond acceptors (Lipinski definition) is 5. The van der Waals surface area contributed by atoms with Crippen LogP contribution >= 0.6 is 23.1 Å². The first-order valence-corrected chi connectivity index (χ1v) is 10.4. The smallest absolute Gasteiger partial charge is 0.263 e. The molecule has 0 aliphatic carbocycles. The number of thioether (sulfide) groups is 1. The highest BCUT2D eigenvalue weighted by Gasteiger charge is 2.18. The van der Waals surface area contributed by atoms with Gasteiger partial charge in [0.1, 0.15) is 10.6 Å². The van der Waals surface area contributed by atoms with Gasteiger partial charge in [-0.2, -0.15) is 0 Å². The second-order valence-corrected chi connectivity index (χ2v) is 7.92. The molecule has 0 saturated heterocycles. The first kappa shape index (κ1) is 17.8. The Bertz CT molecular complexity index is 1160. The Labute approximate surface area is 165 Å². The van der Waals surface area contributed by atoms with Crippen LogP contribution in [0, 0.1) is 6.92 Å². The quantitative estimate of drug-likeness (QED) is 0.246. The van der Waals surface area contributed by atoms with Crippen molar-refractivity contribution in [2.24, 2.45) is 0 Å². The molecule has 3 heterocycles. The van der Waals surface area contributed by atoms with Crippen molar-refractivity contribution in [3.63, 3.8) is 0 Å². The molecule has 136 valence electrons. The molecule has 0 bridgehead atoms. The molecule has 0 saturated carbocycles. The predicted octanol–water partition coefficient (Wildman–Crippen LogP) is 5.50. The summed E-state index contributed by atoms with van der Waals surface area (Å²) in [6.07, 6.45) is 3.34. The standard InChI is InChI=1S/C21H18N2O2S2/c1-3-10-23-20(24)18-16(17-9-6-11-25-17)13-26-19(18)22-21(23)27-12-15-8-5-4-7-14(15)2/h3-9,11,13H,1,10,12H2,2H3. The van der Waals surface area contributed by atoms with E-state index in [1.165, 1.54) is 22.5 Å². The second-order valence-electron chi connectivity index (χ2n) is 6.12. The van der Waals surface area contributed by atoms with Gasteiger partial charge in [-0.15, -0.1) is 17.9 Å². The molecule has 0 amide bonds. The van der Waals surface area contributed by atoms with Crippen LogP contribution in [-0.4, -0.2) is 9.55 Å². The number of thiophene rings is 1. The highest BCUT2D eigenvalue weighted by atomic mass is 32.2. The summed E-state index contributed by atoms with van der Waals surface area (Å²) >= 11 is 3.05. The summed E-state index contributed by atoms with van der Waals surface area (Å²) < 4.78 is 7.19. The minimum absolute atomic E-state index is 0.0557. The summed E-state index contributed by atoms with van der Waals surface area (Å²) in [7, 11) is 0. The number of aromatic nitrogens is 2. The highest BCUT2D eigenvalue weighted by Crippen LogP contribution is 2.33. The lowest BCUT2D eigenvalue weighted by atomic mass is 10.1. The lowest BCUT2D eigenvalue weighted by Crippen LogP contribution is -2.22. The van der Waals surface area contributed by atoms with Crippen LogP contribution in [-0.2, 0) is 12.3 Å². The van der Waals surface area contributed by atoms with E-state index in [1.54, 1.807) is 28.7 Å². The maximum absolute atomic E-state index is 13.2. The molecule has 0 atom stereocenters. The third-order valence-corrected chi connectivity index (χ3v) is 6.27. The number of furan rings is 1. The molecule has 4 aromatic rings. The molecule has 0 unspecified atom stereocenters. The van der Waals surface area contributed by atoms with Crippen LogP contribution in [0.3, 0.4) is 0 Å². The summed E-state index contributed by atoms with van der Waals surface area (Å²) in [5.74, 6) is 1.45. The summed E-state index contributed by atoms with van der Waals surface area (Å²) in [6, 6.07) is 11.9. The van der Waals surface area contributed by atoms with Gasteiger partial charge >= 0.3 is 0 Å². The van der Waals surface area contributed by atoms with Gasteiger partial charge < -0.3 is 4.42 Å². The molecule has 0 aliphatic heterocycles. The first-order valence-electron chi connectivity index (χ1n) is 8.53. The zero-order valence-corrected chi connectivity index (χ0v) is 16.5. The van der Waals surface area contributed by atoms with Gasteiger partial charge in [-0.1, -0.05) is 42.1 Å². The number of allylic oxidation sites excluding steroid dienone is 1. The molecule has 0 fully saturated rings. The van der Waals surface area contributed by atoms with Gasteiger partial charge in [-0.05, 0) is 30.2 Å². The van der Waals surface area contributed by atoms with E-state index in [0.29, 0.717) is 22.8 Å². The summed E-state index contributed by atoms with van der Waals surface area (Å²) in [5.41, 5.74) is 3.22. The minimum atomic E-state index is -0.0557. The Balaban J connectivity index is 1.79. The molecule has 0 radical (unpaired) electrons. The van der Waals surface area contributed by atoms with E-state index < -0.39 is 0 Å². The maximum Gasteiger partial charge on any atom is 0.263 e. The molecular weight excluding hydrogens is 376 g/mol. The largest absolute Gasteiger partial charge is 0.464 e. The Hall–Kier alpha value is -2.57. The topological polar surface area (TPSA) is 48.0 Å². The van der Waals surface area contributed by atoms with Crippen molar-refractivity contribution in [3.8, 4) is 11.3 Å². The van der Waals surface area contributed by atoms with Gasteiger partial charge in [-0.3, -0.25) is 9.36 Å². The molecule has 0 spiro atoms. The molecule has 6 heteroatoms. The zero-order valence-electron chi connectivity index (χ0n) is 14.8. The highest BCUT2D eigenvalue weighted by molar-refractivity contribution is 7.98. The average molecular weight is 395 g/mol. The average Bonchev–Trinajstić information content (AvgIpc) is 3.33. The Kier molecular flexibility index (Phi) is 5.01. The number of rotatable bonds is 6. The lowest BCUT2D eigenvalue weighted by molar-refractivity contribution is 0.583. The van der Waals surface area contributed by atoms with E-state index >= 15 is 0 Å². The van der Waals surface area contributed by atoms with E-state index in [-0.39, 0.29) is 5.56 Å². The Morgan fingerprint density at radius 3 is 2.89 bits per heavy atom. The molecule has 4 rings (SSSR count). The van der Waals surface area contributed by atoms with Crippen LogP contribution in [0.5, 0.6) is 0 Å². The third-order valence-electron chi connectivity index (χ3n) is 4.38. The van der Waals surface area contributed by atoms with Crippen LogP contribution < -0.4 is 5.56 Å². The van der Waals surface area contributed by atoms with Crippen molar-refractivity contribution < 1.29 is 4.42 Å². The fourth-order valence-electron chi connectivity index (χ4n) is 2.93. The van der Waals surface area contributed by atoms with Gasteiger partial charge in [0.25, 0.3) is 5.56 Å². The molecule has 4 nitrogen and oxygen atoms in total. The second kappa shape index (κ2) is 7.58. The molecular formula is C21H18N2O2S2. The van der Waals surface area contributed by atoms with Crippen molar-refractivity contribution in [2.75, 3.05) is 0 Å². The zero-order chi connectivity index (χ0) is 18.8. The summed E-state index contributed by atoms with van der Waals surface area (Å²) in [4.78, 5) is 18.7. The fourth-order valence-corrected chi connectivity index (χ4v) is 4.99. The number of fused-ring (bicyclic) bond motifs is 1. The lowest BCUT2D eigenvalue weighted by Gasteiger charge is -2.11. The first-order chi connectivity index (χ1) is 13.2. The maximum atomic E-state index is 13.2. The Morgan fingerprint density at radius 1 is 1.30 bits per heavy atom. The van der Waals surface area contributed by atoms with Crippen molar-refractivity contribution in [1.82, 2.24) is 9.55 Å². The van der Waals surface area contributed by atoms with Crippen LogP contribution in [0.1, 0.15) is 11.1 Å². The fraction of sp³-hybridized carbons (Fsp3) is 0.143. The van der Waals surface area contributed by atoms with Crippen molar-refractivity contribution in [2.45, 2.75) is 24.4 Å². The number of benzene rings is 1. The molecule has 3 aromatic heterocycles. The SMILES string of the molecule is C=CCn1c(SCc2ccccc2C)nc2scc(-c3ccco3)c2c1=O. The number of hydrogen-bond donors (Lipinski definition) is 0. The number of nitrogens with zero attached hydrogens (tertiary/aromatic N) is 2. The summed E-state index contributed by atoms with van der Waals surface area (Å²) in [5, 5.41) is 3.26. The van der Waals surface area contributed by atoms with Crippen molar-refractivity contribution in [1.29, 1.82) is 0 Å². The van der Waals surface area contributed by atoms with Crippen LogP contribution in [0.2, 0.25) is 0 Å². The molecule has 1 aromatic carbocycles. The monoisotopic (exact) mass is 394 g/mol. The van der Waals surface area contributed by atoms with Crippen molar-refractivity contribution in [3.05, 3.63) is 82.2 Å². The van der Waals surface area contributed by atoms with E-state index in [9.17, 15) is 4.79 Å². The van der Waals surface area contributed by atoms with Gasteiger partial charge in [0.2, 0.25) is 0 Å². The van der Waals surface area contributed by atoms with E-state index in [1.807, 2.05) is 29.6 Å². The summed E-state index contributed by atoms with van der Waals surface area (Å²) in [6.45, 7) is 6.32. The van der Waals surface area contributed by atoms with Gasteiger partial charge in [0, 0.05) is 23.2 Å². The van der Waals surface area contributed by atoms with Gasteiger partial charge in [0.05, 0.1) is 11.6 Å². The van der Waals surface area contributed by atoms with Gasteiger partial charge in [0.15, 0.2) is 5.16 Å². The van der Waals surface area contributed by atoms with Crippen LogP contribution in [0.4, 0.5) is 0 Å². The molecule has 0 N–H and O–H groups in total. The van der Waals surface area contributed by atoms with E-state index in [0.717, 1.165) is 16.1 Å². The molecule has 0 aliphatic rings. The third kappa shape index (κ3) is 3.38. The minimum Gasteiger partial charge on any atom is -0.464 e. The van der Waals surface area contributed by atoms with Crippen LogP contribution in [0.15, 0.2) is 75.1 Å². The van der Waals surface area contributed by atoms with Crippen molar-refractivity contribution >= 4 is 33.3 Å². The molecule has 27 heavy (non-hydrogen) atoms. The normalized spacial score (nSPS) is 11.1. The number of aryl methyl sites for hydroxylation is 1. The van der Waals surface area contributed by atoms with E-state index in [2.05, 4.69) is 25.6 Å². The van der Waals surface area contributed by atoms with Gasteiger partial charge in [-0.25, -0.2) is 4.98 Å². The van der Waals surface area contributed by atoms with E-state index in [4.69, 9.17) is 9.40 Å².